The highest BCUT2D eigenvalue weighted by atomic mass is 35.5. The molecule has 0 fully saturated rings. The smallest absolute Gasteiger partial charge is 0.272 e. The van der Waals surface area contributed by atoms with Crippen LogP contribution in [0.5, 0.6) is 5.75 Å². The fourth-order valence-electron chi connectivity index (χ4n) is 1.30. The summed E-state index contributed by atoms with van der Waals surface area (Å²) in [7, 11) is 0. The number of benzene rings is 1. The molecule has 1 N–H and O–H groups in total. The first-order chi connectivity index (χ1) is 10.0. The predicted octanol–water partition coefficient (Wildman–Crippen LogP) is 3.22. The van der Waals surface area contributed by atoms with Gasteiger partial charge in [0.25, 0.3) is 6.43 Å². The minimum atomic E-state index is -2.67. The van der Waals surface area contributed by atoms with Crippen LogP contribution in [0.2, 0.25) is 5.02 Å². The summed E-state index contributed by atoms with van der Waals surface area (Å²) in [5.41, 5.74) is -0.677. The van der Waals surface area contributed by atoms with Crippen LogP contribution in [0.3, 0.4) is 0 Å². The van der Waals surface area contributed by atoms with Crippen LogP contribution in [0.15, 0.2) is 29.5 Å². The first-order valence-corrected chi connectivity index (χ1v) is 5.81. The number of anilines is 1. The van der Waals surface area contributed by atoms with Crippen LogP contribution >= 0.6 is 11.6 Å². The van der Waals surface area contributed by atoms with E-state index in [1.807, 2.05) is 0 Å². The number of nitrogens with one attached hydrogen (secondary N) is 1. The number of halogens is 3. The van der Waals surface area contributed by atoms with Gasteiger partial charge in [0.1, 0.15) is 36.3 Å². The second-order valence-corrected chi connectivity index (χ2v) is 3.99. The Morgan fingerprint density at radius 2 is 1.90 bits per heavy atom. The predicted molar refractivity (Wildman–Crippen MR) is 70.4 cm³/mol. The van der Waals surface area contributed by atoms with Crippen molar-refractivity contribution in [1.29, 1.82) is 15.8 Å². The van der Waals surface area contributed by atoms with Gasteiger partial charge in [0.15, 0.2) is 5.57 Å². The van der Waals surface area contributed by atoms with Gasteiger partial charge in [0.05, 0.1) is 5.69 Å². The molecule has 1 aromatic rings. The monoisotopic (exact) mass is 308 g/mol. The van der Waals surface area contributed by atoms with Crippen molar-refractivity contribution in [1.82, 2.24) is 0 Å². The van der Waals surface area contributed by atoms with E-state index in [0.717, 1.165) is 0 Å². The van der Waals surface area contributed by atoms with Gasteiger partial charge in [-0.15, -0.1) is 0 Å². The molecule has 0 aliphatic heterocycles. The number of nitriles is 3. The molecule has 0 spiro atoms. The van der Waals surface area contributed by atoms with Crippen LogP contribution in [-0.2, 0) is 0 Å². The van der Waals surface area contributed by atoms with E-state index in [4.69, 9.17) is 32.1 Å². The quantitative estimate of drug-likeness (QED) is 0.843. The molecule has 0 aromatic heterocycles. The van der Waals surface area contributed by atoms with Crippen molar-refractivity contribution in [3.63, 3.8) is 0 Å². The molecule has 0 aliphatic rings. The van der Waals surface area contributed by atoms with Crippen LogP contribution in [0.4, 0.5) is 14.5 Å². The molecule has 0 saturated heterocycles. The van der Waals surface area contributed by atoms with Gasteiger partial charge < -0.3 is 10.1 Å². The Bertz CT molecular complexity index is 667. The van der Waals surface area contributed by atoms with Gasteiger partial charge in [-0.05, 0) is 18.2 Å². The molecular formula is C13H7ClF2N4O. The minimum absolute atomic E-state index is 0.0164. The third-order valence-electron chi connectivity index (χ3n) is 2.15. The molecule has 0 amide bonds. The van der Waals surface area contributed by atoms with Crippen LogP contribution in [0.1, 0.15) is 0 Å². The van der Waals surface area contributed by atoms with Crippen molar-refractivity contribution in [3.05, 3.63) is 34.5 Å². The molecule has 1 rings (SSSR count). The summed E-state index contributed by atoms with van der Waals surface area (Å²) in [4.78, 5) is 0. The van der Waals surface area contributed by atoms with E-state index in [2.05, 4.69) is 5.32 Å². The standard InChI is InChI=1S/C13H7ClF2N4O/c14-9-1-2-12(21-7-13(15)16)10(3-9)20-11(6-19)8(4-17)5-18/h1-3,13,20H,7H2. The molecule has 8 heteroatoms. The second kappa shape index (κ2) is 7.69. The number of allylic oxidation sites excluding steroid dienone is 2. The van der Waals surface area contributed by atoms with Crippen molar-refractivity contribution < 1.29 is 13.5 Å². The molecule has 21 heavy (non-hydrogen) atoms. The fourth-order valence-corrected chi connectivity index (χ4v) is 1.47. The van der Waals surface area contributed by atoms with Crippen LogP contribution in [-0.4, -0.2) is 13.0 Å². The SMILES string of the molecule is N#CC(C#N)=C(C#N)Nc1cc(Cl)ccc1OCC(F)F. The van der Waals surface area contributed by atoms with Gasteiger partial charge >= 0.3 is 0 Å². The van der Waals surface area contributed by atoms with Crippen molar-refractivity contribution >= 4 is 17.3 Å². The molecule has 0 heterocycles. The van der Waals surface area contributed by atoms with Gasteiger partial charge in [-0.25, -0.2) is 8.78 Å². The maximum atomic E-state index is 12.2. The second-order valence-electron chi connectivity index (χ2n) is 3.55. The summed E-state index contributed by atoms with van der Waals surface area (Å²) < 4.78 is 29.2. The number of rotatable bonds is 5. The molecule has 0 radical (unpaired) electrons. The number of hydrogen-bond donors (Lipinski definition) is 1. The van der Waals surface area contributed by atoms with E-state index in [-0.39, 0.29) is 22.2 Å². The molecule has 0 saturated carbocycles. The zero-order valence-electron chi connectivity index (χ0n) is 10.4. The Hall–Kier alpha value is -2.82. The van der Waals surface area contributed by atoms with E-state index in [1.165, 1.54) is 18.2 Å². The summed E-state index contributed by atoms with van der Waals surface area (Å²) in [6.45, 7) is -0.842. The Balaban J connectivity index is 3.15. The summed E-state index contributed by atoms with van der Waals surface area (Å²) in [5, 5.41) is 29.1. The van der Waals surface area contributed by atoms with E-state index in [9.17, 15) is 8.78 Å². The number of nitrogens with zero attached hydrogens (tertiary/aromatic N) is 3. The van der Waals surface area contributed by atoms with Gasteiger partial charge in [0, 0.05) is 5.02 Å². The Morgan fingerprint density at radius 1 is 1.24 bits per heavy atom. The van der Waals surface area contributed by atoms with E-state index in [1.54, 1.807) is 18.2 Å². The van der Waals surface area contributed by atoms with Crippen molar-refractivity contribution in [2.24, 2.45) is 0 Å². The lowest BCUT2D eigenvalue weighted by Gasteiger charge is -2.12. The topological polar surface area (TPSA) is 92.6 Å². The van der Waals surface area contributed by atoms with E-state index >= 15 is 0 Å². The summed E-state index contributed by atoms with van der Waals surface area (Å²) in [6.07, 6.45) is -2.67. The van der Waals surface area contributed by atoms with Crippen molar-refractivity contribution in [2.45, 2.75) is 6.43 Å². The van der Waals surface area contributed by atoms with Gasteiger partial charge in [-0.1, -0.05) is 11.6 Å². The lowest BCUT2D eigenvalue weighted by molar-refractivity contribution is 0.0822. The molecular weight excluding hydrogens is 302 g/mol. The van der Waals surface area contributed by atoms with Crippen molar-refractivity contribution in [3.8, 4) is 24.0 Å². The third kappa shape index (κ3) is 4.65. The molecule has 1 aromatic carbocycles. The first kappa shape index (κ1) is 16.2. The van der Waals surface area contributed by atoms with Crippen LogP contribution in [0, 0.1) is 34.0 Å². The maximum absolute atomic E-state index is 12.2. The largest absolute Gasteiger partial charge is 0.485 e. The average molecular weight is 309 g/mol. The summed E-state index contributed by atoms with van der Waals surface area (Å²) in [6, 6.07) is 8.81. The fraction of sp³-hybridized carbons (Fsp3) is 0.154. The van der Waals surface area contributed by atoms with Gasteiger partial charge in [-0.3, -0.25) is 0 Å². The normalized spacial score (nSPS) is 9.19. The summed E-state index contributed by atoms with van der Waals surface area (Å²) >= 11 is 5.78. The highest BCUT2D eigenvalue weighted by Crippen LogP contribution is 2.29. The minimum Gasteiger partial charge on any atom is -0.485 e. The zero-order chi connectivity index (χ0) is 15.8. The zero-order valence-corrected chi connectivity index (χ0v) is 11.2. The van der Waals surface area contributed by atoms with Gasteiger partial charge in [-0.2, -0.15) is 15.8 Å². The Morgan fingerprint density at radius 3 is 2.43 bits per heavy atom. The molecule has 0 bridgehead atoms. The summed E-state index contributed by atoms with van der Waals surface area (Å²) in [5.74, 6) is 0.0164. The highest BCUT2D eigenvalue weighted by molar-refractivity contribution is 6.30. The van der Waals surface area contributed by atoms with Crippen LogP contribution < -0.4 is 10.1 Å². The maximum Gasteiger partial charge on any atom is 0.272 e. The third-order valence-corrected chi connectivity index (χ3v) is 2.39. The number of hydrogen-bond acceptors (Lipinski definition) is 5. The average Bonchev–Trinajstić information content (AvgIpc) is 2.46. The van der Waals surface area contributed by atoms with Gasteiger partial charge in [0.2, 0.25) is 0 Å². The first-order valence-electron chi connectivity index (χ1n) is 5.44. The molecule has 0 atom stereocenters. The molecule has 0 aliphatic carbocycles. The number of ether oxygens (including phenoxy) is 1. The number of alkyl halides is 2. The van der Waals surface area contributed by atoms with E-state index in [0.29, 0.717) is 0 Å². The highest BCUT2D eigenvalue weighted by Gasteiger charge is 2.12. The molecule has 0 unspecified atom stereocenters. The Labute approximate surface area is 124 Å². The molecule has 106 valence electrons. The molecule has 5 nitrogen and oxygen atoms in total. The van der Waals surface area contributed by atoms with Crippen LogP contribution in [0.25, 0.3) is 0 Å². The lowest BCUT2D eigenvalue weighted by atomic mass is 10.2. The van der Waals surface area contributed by atoms with Crippen molar-refractivity contribution in [2.75, 3.05) is 11.9 Å². The van der Waals surface area contributed by atoms with E-state index < -0.39 is 18.6 Å². The lowest BCUT2D eigenvalue weighted by Crippen LogP contribution is -2.09. The Kier molecular flexibility index (Phi) is 5.95.